The van der Waals surface area contributed by atoms with Gasteiger partial charge in [0.05, 0.1) is 32.1 Å². The van der Waals surface area contributed by atoms with E-state index in [9.17, 15) is 14.4 Å². The molecule has 0 atom stereocenters. The molecule has 54 heavy (non-hydrogen) atoms. The molecule has 0 aliphatic heterocycles. The monoisotopic (exact) mass is 775 g/mol. The van der Waals surface area contributed by atoms with Crippen LogP contribution in [0.5, 0.6) is 0 Å². The van der Waals surface area contributed by atoms with Crippen LogP contribution in [0.3, 0.4) is 0 Å². The highest BCUT2D eigenvalue weighted by Crippen LogP contribution is 2.12. The fourth-order valence-electron chi connectivity index (χ4n) is 5.78. The fraction of sp³-hybridized carbons (Fsp3) is 0.761. The Morgan fingerprint density at radius 2 is 0.907 bits per heavy atom. The van der Waals surface area contributed by atoms with Crippen LogP contribution in [-0.4, -0.2) is 67.7 Å². The van der Waals surface area contributed by atoms with Crippen molar-refractivity contribution in [3.8, 4) is 0 Å². The number of thioether (sulfide) groups is 1. The molecular formula is C46H82N2O5S. The van der Waals surface area contributed by atoms with Gasteiger partial charge in [-0.25, -0.2) is 0 Å². The molecule has 0 rings (SSSR count). The summed E-state index contributed by atoms with van der Waals surface area (Å²) in [4.78, 5) is 39.9. The molecule has 7 nitrogen and oxygen atoms in total. The van der Waals surface area contributed by atoms with Gasteiger partial charge < -0.3 is 19.7 Å². The molecule has 0 radical (unpaired) electrons. The third kappa shape index (κ3) is 40.9. The SMILES string of the molecule is CCCCCC=CCC=CCCCCCCCCOC(=O)CC(CC(=O)OCCCCCCCCC=CCC=CCCCCC)NC(=O)SCCN(C)C. The number of hydrogen-bond donors (Lipinski definition) is 1. The van der Waals surface area contributed by atoms with Gasteiger partial charge >= 0.3 is 11.9 Å². The van der Waals surface area contributed by atoms with Crippen molar-refractivity contribution in [3.63, 3.8) is 0 Å². The van der Waals surface area contributed by atoms with Crippen LogP contribution in [0.25, 0.3) is 0 Å². The molecule has 0 saturated carbocycles. The maximum absolute atomic E-state index is 12.7. The van der Waals surface area contributed by atoms with Crippen LogP contribution in [0.15, 0.2) is 48.6 Å². The van der Waals surface area contributed by atoms with Crippen molar-refractivity contribution in [2.45, 2.75) is 187 Å². The summed E-state index contributed by atoms with van der Waals surface area (Å²) in [6.07, 6.45) is 46.0. The first-order chi connectivity index (χ1) is 26.4. The minimum absolute atomic E-state index is 0.0395. The van der Waals surface area contributed by atoms with Crippen molar-refractivity contribution in [1.82, 2.24) is 10.2 Å². The number of amides is 1. The van der Waals surface area contributed by atoms with Gasteiger partial charge in [-0.15, -0.1) is 0 Å². The van der Waals surface area contributed by atoms with Crippen LogP contribution < -0.4 is 5.32 Å². The summed E-state index contributed by atoms with van der Waals surface area (Å²) in [6.45, 7) is 5.97. The average Bonchev–Trinajstić information content (AvgIpc) is 3.14. The number of nitrogens with one attached hydrogen (secondary N) is 1. The van der Waals surface area contributed by atoms with Crippen LogP contribution in [0.4, 0.5) is 4.79 Å². The summed E-state index contributed by atoms with van der Waals surface area (Å²) in [5.74, 6) is -0.153. The zero-order valence-electron chi connectivity index (χ0n) is 35.3. The van der Waals surface area contributed by atoms with Gasteiger partial charge in [-0.1, -0.05) is 151 Å². The largest absolute Gasteiger partial charge is 0.466 e. The van der Waals surface area contributed by atoms with E-state index in [-0.39, 0.29) is 30.0 Å². The Morgan fingerprint density at radius 3 is 1.30 bits per heavy atom. The zero-order chi connectivity index (χ0) is 39.6. The van der Waals surface area contributed by atoms with Crippen molar-refractivity contribution >= 4 is 28.9 Å². The van der Waals surface area contributed by atoms with Crippen LogP contribution in [0.2, 0.25) is 0 Å². The molecule has 0 aliphatic carbocycles. The van der Waals surface area contributed by atoms with Gasteiger partial charge in [-0.3, -0.25) is 14.4 Å². The number of unbranched alkanes of at least 4 members (excludes halogenated alkanes) is 18. The van der Waals surface area contributed by atoms with Crippen LogP contribution in [0.1, 0.15) is 181 Å². The van der Waals surface area contributed by atoms with Crippen molar-refractivity contribution in [1.29, 1.82) is 0 Å². The predicted molar refractivity (Wildman–Crippen MR) is 233 cm³/mol. The molecule has 0 aromatic rings. The highest BCUT2D eigenvalue weighted by atomic mass is 32.2. The van der Waals surface area contributed by atoms with Crippen molar-refractivity contribution < 1.29 is 23.9 Å². The lowest BCUT2D eigenvalue weighted by Crippen LogP contribution is -2.37. The average molecular weight is 775 g/mol. The quantitative estimate of drug-likeness (QED) is 0.0380. The lowest BCUT2D eigenvalue weighted by atomic mass is 10.1. The van der Waals surface area contributed by atoms with E-state index in [0.717, 1.165) is 82.5 Å². The number of carbonyl (C=O) groups is 3. The van der Waals surface area contributed by atoms with Gasteiger partial charge in [0.25, 0.3) is 5.24 Å². The van der Waals surface area contributed by atoms with Gasteiger partial charge in [-0.05, 0) is 91.1 Å². The van der Waals surface area contributed by atoms with E-state index < -0.39 is 6.04 Å². The second kappa shape index (κ2) is 41.8. The van der Waals surface area contributed by atoms with E-state index in [0.29, 0.717) is 19.0 Å². The molecule has 0 aromatic carbocycles. The van der Waals surface area contributed by atoms with Crippen molar-refractivity contribution in [2.75, 3.05) is 39.6 Å². The number of carbonyl (C=O) groups excluding carboxylic acids is 3. The summed E-state index contributed by atoms with van der Waals surface area (Å²) in [7, 11) is 3.91. The van der Waals surface area contributed by atoms with Crippen LogP contribution in [-0.2, 0) is 19.1 Å². The Hall–Kier alpha value is -2.32. The lowest BCUT2D eigenvalue weighted by molar-refractivity contribution is -0.146. The molecule has 8 heteroatoms. The minimum Gasteiger partial charge on any atom is -0.466 e. The molecule has 0 bridgehead atoms. The molecule has 0 spiro atoms. The van der Waals surface area contributed by atoms with Crippen molar-refractivity contribution in [2.24, 2.45) is 0 Å². The molecule has 1 amide bonds. The van der Waals surface area contributed by atoms with E-state index in [4.69, 9.17) is 9.47 Å². The number of hydrogen-bond acceptors (Lipinski definition) is 7. The van der Waals surface area contributed by atoms with Crippen LogP contribution >= 0.6 is 11.8 Å². The molecule has 0 aliphatic rings. The van der Waals surface area contributed by atoms with E-state index >= 15 is 0 Å². The first kappa shape index (κ1) is 51.7. The first-order valence-corrected chi connectivity index (χ1v) is 22.9. The Balaban J connectivity index is 4.17. The Bertz CT molecular complexity index is 930. The molecule has 0 aromatic heterocycles. The summed E-state index contributed by atoms with van der Waals surface area (Å²) in [5, 5.41) is 2.62. The van der Waals surface area contributed by atoms with E-state index in [1.165, 1.54) is 89.9 Å². The van der Waals surface area contributed by atoms with E-state index in [1.807, 2.05) is 19.0 Å². The van der Waals surface area contributed by atoms with Crippen molar-refractivity contribution in [3.05, 3.63) is 48.6 Å². The van der Waals surface area contributed by atoms with Gasteiger partial charge in [0.1, 0.15) is 0 Å². The fourth-order valence-corrected chi connectivity index (χ4v) is 6.67. The Morgan fingerprint density at radius 1 is 0.537 bits per heavy atom. The normalized spacial score (nSPS) is 12.5. The maximum Gasteiger partial charge on any atom is 0.307 e. The number of nitrogens with zero attached hydrogens (tertiary/aromatic N) is 1. The molecule has 1 N–H and O–H groups in total. The summed E-state index contributed by atoms with van der Waals surface area (Å²) >= 11 is 1.16. The zero-order valence-corrected chi connectivity index (χ0v) is 36.1. The molecule has 0 saturated heterocycles. The number of ether oxygens (including phenoxy) is 2. The van der Waals surface area contributed by atoms with E-state index in [1.54, 1.807) is 0 Å². The second-order valence-corrected chi connectivity index (χ2v) is 15.9. The topological polar surface area (TPSA) is 84.9 Å². The highest BCUT2D eigenvalue weighted by Gasteiger charge is 2.22. The van der Waals surface area contributed by atoms with Gasteiger partial charge in [0, 0.05) is 12.3 Å². The second-order valence-electron chi connectivity index (χ2n) is 14.8. The lowest BCUT2D eigenvalue weighted by Gasteiger charge is -2.18. The van der Waals surface area contributed by atoms with E-state index in [2.05, 4.69) is 67.8 Å². The number of rotatable bonds is 38. The maximum atomic E-state index is 12.7. The number of esters is 2. The van der Waals surface area contributed by atoms with Gasteiger partial charge in [-0.2, -0.15) is 0 Å². The smallest absolute Gasteiger partial charge is 0.307 e. The molecule has 0 heterocycles. The highest BCUT2D eigenvalue weighted by molar-refractivity contribution is 8.13. The number of allylic oxidation sites excluding steroid dienone is 8. The third-order valence-corrected chi connectivity index (χ3v) is 9.90. The first-order valence-electron chi connectivity index (χ1n) is 21.9. The molecular weight excluding hydrogens is 693 g/mol. The van der Waals surface area contributed by atoms with Gasteiger partial charge in [0.2, 0.25) is 0 Å². The Kier molecular flexibility index (Phi) is 40.0. The predicted octanol–water partition coefficient (Wildman–Crippen LogP) is 12.9. The summed E-state index contributed by atoms with van der Waals surface area (Å²) < 4.78 is 11.0. The summed E-state index contributed by atoms with van der Waals surface area (Å²) in [5.41, 5.74) is 0. The third-order valence-electron chi connectivity index (χ3n) is 9.14. The summed E-state index contributed by atoms with van der Waals surface area (Å²) in [6, 6.07) is -0.643. The minimum atomic E-state index is -0.643. The molecule has 0 fully saturated rings. The molecule has 0 unspecified atom stereocenters. The standard InChI is InChI=1S/C46H82N2O5S/c1-5-7-9-11-13-15-17-19-21-23-25-27-29-31-33-35-38-52-44(49)41-43(47-46(51)54-40-37-48(3)4)42-45(50)53-39-36-34-32-30-28-26-24-22-20-18-16-14-12-10-8-6-2/h13-16,19-22,43H,5-12,17-18,23-42H2,1-4H3,(H,47,51). The van der Waals surface area contributed by atoms with Crippen LogP contribution in [0, 0.1) is 0 Å². The van der Waals surface area contributed by atoms with Gasteiger partial charge in [0.15, 0.2) is 0 Å². The Labute approximate surface area is 337 Å². The molecule has 312 valence electrons.